The second kappa shape index (κ2) is 7.98. The third kappa shape index (κ3) is 4.49. The molecule has 0 saturated carbocycles. The minimum Gasteiger partial charge on any atom is -0.348 e. The summed E-state index contributed by atoms with van der Waals surface area (Å²) in [5.74, 6) is 0.150. The summed E-state index contributed by atoms with van der Waals surface area (Å²) < 4.78 is 22.6. The van der Waals surface area contributed by atoms with E-state index in [2.05, 4.69) is 21.5 Å². The molecule has 0 bridgehead atoms. The minimum atomic E-state index is -3.71. The van der Waals surface area contributed by atoms with Crippen LogP contribution in [0.5, 0.6) is 0 Å². The molecular formula is C15H24ClN5O3S. The van der Waals surface area contributed by atoms with Gasteiger partial charge in [-0.25, -0.2) is 19.0 Å². The van der Waals surface area contributed by atoms with Crippen LogP contribution in [0.15, 0.2) is 29.2 Å². The zero-order valence-electron chi connectivity index (χ0n) is 13.9. The first kappa shape index (κ1) is 20.1. The zero-order chi connectivity index (χ0) is 17.3. The van der Waals surface area contributed by atoms with Gasteiger partial charge in [0.15, 0.2) is 0 Å². The summed E-state index contributed by atoms with van der Waals surface area (Å²) in [7, 11) is -3.71. The Balaban J connectivity index is 0.00000225. The molecule has 2 aliphatic rings. The highest BCUT2D eigenvalue weighted by atomic mass is 35.5. The van der Waals surface area contributed by atoms with Crippen LogP contribution in [-0.2, 0) is 14.8 Å². The molecule has 2 aliphatic heterocycles. The lowest BCUT2D eigenvalue weighted by Gasteiger charge is -2.28. The average molecular weight is 390 g/mol. The fourth-order valence-electron chi connectivity index (χ4n) is 3.31. The van der Waals surface area contributed by atoms with E-state index in [0.717, 1.165) is 25.1 Å². The second-order valence-corrected chi connectivity index (χ2v) is 7.94. The standard InChI is InChI=1S/C15H23N5O3S.ClH/c1-9(10-2-4-11(5-3-10)24(16,22)23)18-15(21)14-12-8-17-7-6-13(12)19-20-14;/h2-5,9,12-14,17,19-20H,6-8H2,1H3,(H,18,21)(H2,16,22,23);1H. The van der Waals surface area contributed by atoms with E-state index in [-0.39, 0.29) is 41.2 Å². The van der Waals surface area contributed by atoms with Crippen molar-refractivity contribution in [3.05, 3.63) is 29.8 Å². The number of hydrazine groups is 1. The summed E-state index contributed by atoms with van der Waals surface area (Å²) >= 11 is 0. The number of halogens is 1. The molecular weight excluding hydrogens is 366 g/mol. The maximum absolute atomic E-state index is 12.6. The van der Waals surface area contributed by atoms with E-state index in [0.29, 0.717) is 6.04 Å². The Labute approximate surface area is 153 Å². The molecule has 1 aromatic carbocycles. The van der Waals surface area contributed by atoms with Gasteiger partial charge in [0.25, 0.3) is 0 Å². The third-order valence-electron chi connectivity index (χ3n) is 4.73. The number of nitrogens with two attached hydrogens (primary N) is 1. The molecule has 2 fully saturated rings. The van der Waals surface area contributed by atoms with Crippen molar-refractivity contribution >= 4 is 28.3 Å². The summed E-state index contributed by atoms with van der Waals surface area (Å²) in [5, 5.41) is 11.4. The number of carbonyl (C=O) groups excluding carboxylic acids is 1. The highest BCUT2D eigenvalue weighted by Crippen LogP contribution is 2.21. The number of rotatable bonds is 4. The second-order valence-electron chi connectivity index (χ2n) is 6.37. The van der Waals surface area contributed by atoms with Crippen LogP contribution in [0.1, 0.15) is 24.9 Å². The highest BCUT2D eigenvalue weighted by Gasteiger charge is 2.41. The smallest absolute Gasteiger partial charge is 0.239 e. The summed E-state index contributed by atoms with van der Waals surface area (Å²) in [6.07, 6.45) is 0.992. The van der Waals surface area contributed by atoms with E-state index in [4.69, 9.17) is 5.14 Å². The number of piperidine rings is 1. The van der Waals surface area contributed by atoms with Crippen LogP contribution in [0.2, 0.25) is 0 Å². The van der Waals surface area contributed by atoms with Gasteiger partial charge in [-0.3, -0.25) is 10.2 Å². The molecule has 0 radical (unpaired) electrons. The van der Waals surface area contributed by atoms with Crippen LogP contribution in [0, 0.1) is 5.92 Å². The summed E-state index contributed by atoms with van der Waals surface area (Å²) in [5.41, 5.74) is 7.10. The van der Waals surface area contributed by atoms with Crippen LogP contribution in [0.3, 0.4) is 0 Å². The van der Waals surface area contributed by atoms with Crippen molar-refractivity contribution < 1.29 is 13.2 Å². The van der Waals surface area contributed by atoms with Gasteiger partial charge in [0.05, 0.1) is 10.9 Å². The van der Waals surface area contributed by atoms with E-state index < -0.39 is 10.0 Å². The predicted octanol–water partition coefficient (Wildman–Crippen LogP) is -0.612. The van der Waals surface area contributed by atoms with Crippen LogP contribution in [-0.4, -0.2) is 39.5 Å². The fourth-order valence-corrected chi connectivity index (χ4v) is 3.82. The van der Waals surface area contributed by atoms with Gasteiger partial charge in [0.1, 0.15) is 6.04 Å². The molecule has 2 heterocycles. The molecule has 0 aliphatic carbocycles. The molecule has 8 nitrogen and oxygen atoms in total. The first-order valence-electron chi connectivity index (χ1n) is 8.01. The lowest BCUT2D eigenvalue weighted by molar-refractivity contribution is -0.124. The topological polar surface area (TPSA) is 125 Å². The van der Waals surface area contributed by atoms with Crippen molar-refractivity contribution in [2.75, 3.05) is 13.1 Å². The Kier molecular flexibility index (Phi) is 6.41. The molecule has 6 N–H and O–H groups in total. The van der Waals surface area contributed by atoms with Gasteiger partial charge in [-0.05, 0) is 37.6 Å². The quantitative estimate of drug-likeness (QED) is 0.467. The van der Waals surface area contributed by atoms with Gasteiger partial charge in [-0.1, -0.05) is 12.1 Å². The van der Waals surface area contributed by atoms with E-state index in [1.54, 1.807) is 12.1 Å². The Morgan fingerprint density at radius 1 is 1.28 bits per heavy atom. The van der Waals surface area contributed by atoms with Gasteiger partial charge >= 0.3 is 0 Å². The number of sulfonamides is 1. The lowest BCUT2D eigenvalue weighted by atomic mass is 9.89. The Bertz CT molecular complexity index is 712. The maximum Gasteiger partial charge on any atom is 0.239 e. The van der Waals surface area contributed by atoms with E-state index in [1.165, 1.54) is 12.1 Å². The van der Waals surface area contributed by atoms with Gasteiger partial charge in [0.2, 0.25) is 15.9 Å². The number of hydrogen-bond donors (Lipinski definition) is 5. The van der Waals surface area contributed by atoms with Crippen LogP contribution >= 0.6 is 12.4 Å². The summed E-state index contributed by atoms with van der Waals surface area (Å²) in [6, 6.07) is 6.02. The summed E-state index contributed by atoms with van der Waals surface area (Å²) in [6.45, 7) is 3.63. The molecule has 1 amide bonds. The molecule has 0 spiro atoms. The first-order valence-corrected chi connectivity index (χ1v) is 9.56. The van der Waals surface area contributed by atoms with Crippen molar-refractivity contribution in [2.24, 2.45) is 11.1 Å². The first-order chi connectivity index (χ1) is 11.4. The largest absolute Gasteiger partial charge is 0.348 e. The van der Waals surface area contributed by atoms with Crippen molar-refractivity contribution in [3.63, 3.8) is 0 Å². The SMILES string of the molecule is CC(NC(=O)C1NNC2CCNCC21)c1ccc(S(N)(=O)=O)cc1.Cl. The van der Waals surface area contributed by atoms with Gasteiger partial charge in [-0.15, -0.1) is 12.4 Å². The zero-order valence-corrected chi connectivity index (χ0v) is 15.5. The van der Waals surface area contributed by atoms with Gasteiger partial charge < -0.3 is 10.6 Å². The molecule has 10 heteroatoms. The van der Waals surface area contributed by atoms with Crippen molar-refractivity contribution in [3.8, 4) is 0 Å². The molecule has 0 aromatic heterocycles. The van der Waals surface area contributed by atoms with Gasteiger partial charge in [-0.2, -0.15) is 0 Å². The van der Waals surface area contributed by atoms with E-state index in [1.807, 2.05) is 6.92 Å². The molecule has 1 aromatic rings. The van der Waals surface area contributed by atoms with Crippen molar-refractivity contribution in [2.45, 2.75) is 36.4 Å². The number of amides is 1. The normalized spacial score (nSPS) is 27.0. The maximum atomic E-state index is 12.6. The highest BCUT2D eigenvalue weighted by molar-refractivity contribution is 7.89. The number of hydrogen-bond acceptors (Lipinski definition) is 6. The number of benzene rings is 1. The van der Waals surface area contributed by atoms with Crippen LogP contribution < -0.4 is 26.6 Å². The van der Waals surface area contributed by atoms with Gasteiger partial charge in [0, 0.05) is 18.5 Å². The third-order valence-corrected chi connectivity index (χ3v) is 5.66. The summed E-state index contributed by atoms with van der Waals surface area (Å²) in [4.78, 5) is 12.6. The Morgan fingerprint density at radius 3 is 2.60 bits per heavy atom. The van der Waals surface area contributed by atoms with Crippen LogP contribution in [0.25, 0.3) is 0 Å². The predicted molar refractivity (Wildman–Crippen MR) is 96.4 cm³/mol. The fraction of sp³-hybridized carbons (Fsp3) is 0.533. The Hall–Kier alpha value is -1.23. The lowest BCUT2D eigenvalue weighted by Crippen LogP contribution is -2.49. The van der Waals surface area contributed by atoms with E-state index >= 15 is 0 Å². The number of carbonyl (C=O) groups is 1. The molecule has 25 heavy (non-hydrogen) atoms. The van der Waals surface area contributed by atoms with E-state index in [9.17, 15) is 13.2 Å². The minimum absolute atomic E-state index is 0. The average Bonchev–Trinajstić information content (AvgIpc) is 2.98. The number of fused-ring (bicyclic) bond motifs is 1. The van der Waals surface area contributed by atoms with Crippen molar-refractivity contribution in [1.29, 1.82) is 0 Å². The molecule has 140 valence electrons. The monoisotopic (exact) mass is 389 g/mol. The molecule has 3 rings (SSSR count). The number of primary sulfonamides is 1. The molecule has 4 unspecified atom stereocenters. The van der Waals surface area contributed by atoms with Crippen LogP contribution in [0.4, 0.5) is 0 Å². The number of nitrogens with one attached hydrogen (secondary N) is 4. The molecule has 4 atom stereocenters. The van der Waals surface area contributed by atoms with Crippen molar-refractivity contribution in [1.82, 2.24) is 21.5 Å². The Morgan fingerprint density at radius 2 is 1.96 bits per heavy atom. The molecule has 2 saturated heterocycles.